The topological polar surface area (TPSA) is 26.3 Å². The number of ether oxygens (including phenoxy) is 1. The summed E-state index contributed by atoms with van der Waals surface area (Å²) in [6, 6.07) is 0. The highest BCUT2D eigenvalue weighted by molar-refractivity contribution is 5.76. The summed E-state index contributed by atoms with van der Waals surface area (Å²) in [5.41, 5.74) is -0.207. The maximum absolute atomic E-state index is 12.0. The highest BCUT2D eigenvalue weighted by Crippen LogP contribution is 2.37. The van der Waals surface area contributed by atoms with Crippen LogP contribution in [0.25, 0.3) is 0 Å². The lowest BCUT2D eigenvalue weighted by Crippen LogP contribution is -2.35. The zero-order valence-corrected chi connectivity index (χ0v) is 10.5. The van der Waals surface area contributed by atoms with E-state index in [-0.39, 0.29) is 17.5 Å². The first-order chi connectivity index (χ1) is 6.96. The van der Waals surface area contributed by atoms with Crippen molar-refractivity contribution in [2.75, 3.05) is 0 Å². The molecule has 0 amide bonds. The van der Waals surface area contributed by atoms with Gasteiger partial charge in [-0.15, -0.1) is 0 Å². The molecule has 0 aromatic heterocycles. The molecule has 2 nitrogen and oxygen atoms in total. The number of carbonyl (C=O) groups excluding carboxylic acids is 1. The molecule has 1 saturated carbocycles. The molecule has 1 atom stereocenters. The molecule has 1 rings (SSSR count). The molecule has 15 heavy (non-hydrogen) atoms. The van der Waals surface area contributed by atoms with Crippen molar-refractivity contribution in [1.82, 2.24) is 0 Å². The summed E-state index contributed by atoms with van der Waals surface area (Å²) in [5.74, 6) is 0.421. The van der Waals surface area contributed by atoms with Gasteiger partial charge < -0.3 is 4.74 Å². The molecule has 0 aromatic carbocycles. The Morgan fingerprint density at radius 3 is 2.13 bits per heavy atom. The fourth-order valence-corrected chi connectivity index (χ4v) is 1.98. The van der Waals surface area contributed by atoms with Crippen molar-refractivity contribution >= 4 is 5.97 Å². The van der Waals surface area contributed by atoms with Crippen LogP contribution in [0, 0.1) is 11.3 Å². The van der Waals surface area contributed by atoms with Crippen molar-refractivity contribution in [2.45, 2.75) is 65.9 Å². The Bertz CT molecular complexity index is 215. The van der Waals surface area contributed by atoms with Gasteiger partial charge in [-0.3, -0.25) is 4.79 Å². The number of esters is 1. The Labute approximate surface area is 93.4 Å². The zero-order chi connectivity index (χ0) is 11.5. The Hall–Kier alpha value is -0.530. The molecule has 0 heterocycles. The van der Waals surface area contributed by atoms with Crippen LogP contribution in [0.3, 0.4) is 0 Å². The van der Waals surface area contributed by atoms with Crippen LogP contribution < -0.4 is 0 Å². The molecule has 0 N–H and O–H groups in total. The minimum atomic E-state index is -0.207. The third-order valence-electron chi connectivity index (χ3n) is 3.68. The zero-order valence-electron chi connectivity index (χ0n) is 10.5. The summed E-state index contributed by atoms with van der Waals surface area (Å²) < 4.78 is 5.52. The van der Waals surface area contributed by atoms with Crippen LogP contribution in [0.2, 0.25) is 0 Å². The van der Waals surface area contributed by atoms with E-state index in [1.54, 1.807) is 0 Å². The lowest BCUT2D eigenvalue weighted by molar-refractivity contribution is -0.163. The molecule has 0 saturated heterocycles. The molecule has 0 aromatic rings. The van der Waals surface area contributed by atoms with E-state index in [4.69, 9.17) is 4.74 Å². The van der Waals surface area contributed by atoms with Crippen LogP contribution in [0.15, 0.2) is 0 Å². The van der Waals surface area contributed by atoms with E-state index in [1.807, 2.05) is 6.92 Å². The molecule has 1 aliphatic rings. The maximum Gasteiger partial charge on any atom is 0.312 e. The summed E-state index contributed by atoms with van der Waals surface area (Å²) in [7, 11) is 0. The Morgan fingerprint density at radius 2 is 1.67 bits per heavy atom. The van der Waals surface area contributed by atoms with Crippen LogP contribution in [-0.2, 0) is 9.53 Å². The van der Waals surface area contributed by atoms with E-state index in [9.17, 15) is 4.79 Å². The van der Waals surface area contributed by atoms with Crippen molar-refractivity contribution in [1.29, 1.82) is 0 Å². The second kappa shape index (κ2) is 5.00. The van der Waals surface area contributed by atoms with Crippen LogP contribution in [0.4, 0.5) is 0 Å². The third kappa shape index (κ3) is 3.22. The fourth-order valence-electron chi connectivity index (χ4n) is 1.98. The van der Waals surface area contributed by atoms with Gasteiger partial charge in [0.2, 0.25) is 0 Å². The highest BCUT2D eigenvalue weighted by Gasteiger charge is 2.36. The first kappa shape index (κ1) is 12.5. The molecule has 0 aliphatic heterocycles. The third-order valence-corrected chi connectivity index (χ3v) is 3.68. The number of hydrogen-bond donors (Lipinski definition) is 0. The van der Waals surface area contributed by atoms with Crippen molar-refractivity contribution in [3.8, 4) is 0 Å². The molecule has 88 valence electrons. The van der Waals surface area contributed by atoms with Gasteiger partial charge in [0.1, 0.15) is 6.10 Å². The first-order valence-corrected chi connectivity index (χ1v) is 6.17. The molecule has 1 unspecified atom stereocenters. The number of carbonyl (C=O) groups is 1. The Balaban J connectivity index is 2.51. The molecular weight excluding hydrogens is 188 g/mol. The minimum absolute atomic E-state index is 0.0170. The second-order valence-electron chi connectivity index (χ2n) is 5.48. The average Bonchev–Trinajstić information content (AvgIpc) is 2.18. The molecular formula is C13H24O2. The van der Waals surface area contributed by atoms with Crippen molar-refractivity contribution in [2.24, 2.45) is 11.3 Å². The van der Waals surface area contributed by atoms with Crippen LogP contribution in [0.1, 0.15) is 59.8 Å². The van der Waals surface area contributed by atoms with E-state index >= 15 is 0 Å². The van der Waals surface area contributed by atoms with Crippen LogP contribution in [-0.4, -0.2) is 12.1 Å². The lowest BCUT2D eigenvalue weighted by atomic mass is 9.76. The normalized spacial score (nSPS) is 22.5. The molecule has 0 radical (unpaired) electrons. The SMILES string of the molecule is CC(C)C(C)OC(=O)C1(C)CCCCC1. The molecule has 2 heteroatoms. The van der Waals surface area contributed by atoms with Gasteiger partial charge >= 0.3 is 5.97 Å². The standard InChI is InChI=1S/C13H24O2/c1-10(2)11(3)15-12(14)13(4)8-6-5-7-9-13/h10-11H,5-9H2,1-4H3. The summed E-state index contributed by atoms with van der Waals surface area (Å²) >= 11 is 0. The maximum atomic E-state index is 12.0. The predicted octanol–water partition coefficient (Wildman–Crippen LogP) is 3.54. The summed E-state index contributed by atoms with van der Waals surface area (Å²) in [5, 5.41) is 0. The van der Waals surface area contributed by atoms with Crippen molar-refractivity contribution in [3.05, 3.63) is 0 Å². The van der Waals surface area contributed by atoms with Gasteiger partial charge in [0, 0.05) is 0 Å². The smallest absolute Gasteiger partial charge is 0.312 e. The predicted molar refractivity (Wildman–Crippen MR) is 61.6 cm³/mol. The van der Waals surface area contributed by atoms with Gasteiger partial charge in [-0.1, -0.05) is 33.1 Å². The largest absolute Gasteiger partial charge is 0.462 e. The van der Waals surface area contributed by atoms with E-state index < -0.39 is 0 Å². The monoisotopic (exact) mass is 212 g/mol. The van der Waals surface area contributed by atoms with Crippen molar-refractivity contribution < 1.29 is 9.53 Å². The van der Waals surface area contributed by atoms with Gasteiger partial charge in [-0.05, 0) is 32.6 Å². The second-order valence-corrected chi connectivity index (χ2v) is 5.48. The molecule has 0 spiro atoms. The fraction of sp³-hybridized carbons (Fsp3) is 0.923. The number of hydrogen-bond acceptors (Lipinski definition) is 2. The molecule has 0 bridgehead atoms. The Morgan fingerprint density at radius 1 is 1.13 bits per heavy atom. The van der Waals surface area contributed by atoms with Gasteiger partial charge in [-0.25, -0.2) is 0 Å². The Kier molecular flexibility index (Phi) is 4.18. The summed E-state index contributed by atoms with van der Waals surface area (Å²) in [4.78, 5) is 12.0. The summed E-state index contributed by atoms with van der Waals surface area (Å²) in [6.45, 7) is 8.21. The van der Waals surface area contributed by atoms with E-state index in [2.05, 4.69) is 20.8 Å². The van der Waals surface area contributed by atoms with Gasteiger partial charge in [0.25, 0.3) is 0 Å². The van der Waals surface area contributed by atoms with Crippen LogP contribution in [0.5, 0.6) is 0 Å². The lowest BCUT2D eigenvalue weighted by Gasteiger charge is -2.32. The van der Waals surface area contributed by atoms with Crippen LogP contribution >= 0.6 is 0 Å². The van der Waals surface area contributed by atoms with E-state index in [0.29, 0.717) is 5.92 Å². The molecule has 1 aliphatic carbocycles. The van der Waals surface area contributed by atoms with Gasteiger partial charge in [0.05, 0.1) is 5.41 Å². The van der Waals surface area contributed by atoms with E-state index in [1.165, 1.54) is 19.3 Å². The minimum Gasteiger partial charge on any atom is -0.462 e. The molecule has 1 fully saturated rings. The highest BCUT2D eigenvalue weighted by atomic mass is 16.5. The van der Waals surface area contributed by atoms with Gasteiger partial charge in [-0.2, -0.15) is 0 Å². The summed E-state index contributed by atoms with van der Waals surface area (Å²) in [6.07, 6.45) is 5.63. The quantitative estimate of drug-likeness (QED) is 0.669. The number of rotatable bonds is 3. The average molecular weight is 212 g/mol. The van der Waals surface area contributed by atoms with Gasteiger partial charge in [0.15, 0.2) is 0 Å². The first-order valence-electron chi connectivity index (χ1n) is 6.17. The van der Waals surface area contributed by atoms with E-state index in [0.717, 1.165) is 12.8 Å². The van der Waals surface area contributed by atoms with Crippen molar-refractivity contribution in [3.63, 3.8) is 0 Å².